The third-order valence-electron chi connectivity index (χ3n) is 9.51. The van der Waals surface area contributed by atoms with Crippen LogP contribution in [0.25, 0.3) is 110 Å². The van der Waals surface area contributed by atoms with Crippen molar-refractivity contribution >= 4 is 65.6 Å². The molecule has 0 bridgehead atoms. The predicted molar refractivity (Wildman–Crippen MR) is 239 cm³/mol. The number of benzene rings is 9. The summed E-state index contributed by atoms with van der Waals surface area (Å²) < 4.78 is 282. The van der Waals surface area contributed by atoms with Gasteiger partial charge in [0, 0.05) is 43.4 Å². The van der Waals surface area contributed by atoms with Gasteiger partial charge in [0.1, 0.15) is 5.58 Å². The first-order valence-corrected chi connectivity index (χ1v) is 17.1. The van der Waals surface area contributed by atoms with Crippen LogP contribution in [0.2, 0.25) is 0 Å². The fraction of sp³-hybridized carbons (Fsp3) is 0. The second-order valence-corrected chi connectivity index (χ2v) is 12.5. The van der Waals surface area contributed by atoms with Crippen LogP contribution in [0.4, 0.5) is 0 Å². The maximum atomic E-state index is 10.2. The molecule has 0 aliphatic carbocycles. The molecule has 12 aromatic rings. The molecule has 266 valence electrons. The maximum Gasteiger partial charge on any atom is 0.160 e. The monoisotopic (exact) mass is 756 g/mol. The zero-order valence-corrected chi connectivity index (χ0v) is 28.6. The molecule has 12 rings (SSSR count). The Morgan fingerprint density at radius 2 is 0.947 bits per heavy atom. The number of nitrogens with zero attached hydrogens (tertiary/aromatic N) is 2. The van der Waals surface area contributed by atoms with Crippen LogP contribution in [0.5, 0.6) is 0 Å². The van der Waals surface area contributed by atoms with Crippen LogP contribution in [-0.2, 0) is 0 Å². The SMILES string of the molecule is [2H]c1cc([2H])c(-c2cc([2H])cc([2H])c2-n2c3c([2H])c([2H])c([2H])c([2H])c3c3c([2H])c(-c4c([2H])c([2H])c5c(c4[2H])c4c([2H])c([2H])c([2H])c([2H])c4n5-c4c(-c5c([2H])c([2H])c([2H])c([2H])c5[2H])c([2H])c([2H])c5c4oc4c([2H])c([2H])c([2H])c([2H])c45)c([2H])c([2H])c32)c([2H])c1. The molecule has 0 radical (unpaired) electrons. The summed E-state index contributed by atoms with van der Waals surface area (Å²) in [6.45, 7) is 0. The Morgan fingerprint density at radius 1 is 0.368 bits per heavy atom. The average Bonchev–Trinajstić information content (AvgIpc) is 1.57. The fourth-order valence-corrected chi connectivity index (χ4v) is 7.12. The molecule has 0 saturated heterocycles. The quantitative estimate of drug-likeness (QED) is 0.171. The molecule has 0 aliphatic rings. The lowest BCUT2D eigenvalue weighted by molar-refractivity contribution is 0.666. The van der Waals surface area contributed by atoms with E-state index in [1.54, 1.807) is 0 Å². The third-order valence-corrected chi connectivity index (χ3v) is 9.51. The molecule has 57 heavy (non-hydrogen) atoms. The van der Waals surface area contributed by atoms with Crippen molar-refractivity contribution in [3.05, 3.63) is 206 Å². The molecule has 0 saturated carbocycles. The van der Waals surface area contributed by atoms with Gasteiger partial charge in [0.2, 0.25) is 0 Å². The number of furan rings is 1. The number of aromatic nitrogens is 2. The third kappa shape index (κ3) is 4.79. The van der Waals surface area contributed by atoms with Gasteiger partial charge >= 0.3 is 0 Å². The highest BCUT2D eigenvalue weighted by atomic mass is 16.3. The molecule has 9 aromatic carbocycles. The lowest BCUT2D eigenvalue weighted by Gasteiger charge is -2.15. The Kier molecular flexibility index (Phi) is 3.09. The first kappa shape index (κ1) is 14.1. The Labute approximate surface area is 371 Å². The molecule has 0 N–H and O–H groups in total. The predicted octanol–water partition coefficient (Wildman–Crippen LogP) is 14.8. The number of rotatable bonds is 5. The minimum Gasteiger partial charge on any atom is -0.454 e. The van der Waals surface area contributed by atoms with Crippen molar-refractivity contribution in [3.63, 3.8) is 0 Å². The highest BCUT2D eigenvalue weighted by Crippen LogP contribution is 2.44. The average molecular weight is 757 g/mol. The Hall–Kier alpha value is -7.62. The minimum atomic E-state index is -1.10. The van der Waals surface area contributed by atoms with Crippen molar-refractivity contribution < 1.29 is 45.5 Å². The summed E-state index contributed by atoms with van der Waals surface area (Å²) in [6, 6.07) is -21.1. The summed E-state index contributed by atoms with van der Waals surface area (Å²) in [4.78, 5) is 0. The summed E-state index contributed by atoms with van der Waals surface area (Å²) >= 11 is 0. The van der Waals surface area contributed by atoms with Crippen LogP contribution in [0.1, 0.15) is 41.1 Å². The van der Waals surface area contributed by atoms with Gasteiger partial charge in [-0.05, 0) is 76.6 Å². The smallest absolute Gasteiger partial charge is 0.160 e. The largest absolute Gasteiger partial charge is 0.454 e. The molecular weight excluding hydrogens is 693 g/mol. The molecule has 3 heteroatoms. The fourth-order valence-electron chi connectivity index (χ4n) is 7.12. The molecule has 0 atom stereocenters. The topological polar surface area (TPSA) is 23.0 Å². The van der Waals surface area contributed by atoms with Crippen molar-refractivity contribution in [2.75, 3.05) is 0 Å². The van der Waals surface area contributed by atoms with Gasteiger partial charge in [0.25, 0.3) is 0 Å². The maximum absolute atomic E-state index is 10.2. The highest BCUT2D eigenvalue weighted by molar-refractivity contribution is 6.16. The van der Waals surface area contributed by atoms with E-state index in [-0.39, 0.29) is 23.2 Å². The first-order chi connectivity index (χ1) is 40.7. The van der Waals surface area contributed by atoms with E-state index in [0.29, 0.717) is 0 Å². The van der Waals surface area contributed by atoms with E-state index in [2.05, 4.69) is 0 Å². The van der Waals surface area contributed by atoms with Crippen LogP contribution in [0.15, 0.2) is 210 Å². The van der Waals surface area contributed by atoms with Crippen molar-refractivity contribution in [2.45, 2.75) is 0 Å². The number of hydrogen-bond acceptors (Lipinski definition) is 1. The van der Waals surface area contributed by atoms with Gasteiger partial charge in [0.15, 0.2) is 5.58 Å². The molecule has 0 spiro atoms. The second-order valence-electron chi connectivity index (χ2n) is 12.5. The van der Waals surface area contributed by atoms with E-state index >= 15 is 0 Å². The van der Waals surface area contributed by atoms with Crippen molar-refractivity contribution in [1.82, 2.24) is 9.13 Å². The lowest BCUT2D eigenvalue weighted by Crippen LogP contribution is -1.98. The van der Waals surface area contributed by atoms with Gasteiger partial charge in [-0.3, -0.25) is 0 Å². The van der Waals surface area contributed by atoms with Gasteiger partial charge in [-0.15, -0.1) is 0 Å². The molecule has 3 aromatic heterocycles. The summed E-state index contributed by atoms with van der Waals surface area (Å²) in [5.74, 6) is 0. The van der Waals surface area contributed by atoms with E-state index in [9.17, 15) is 17.8 Å². The van der Waals surface area contributed by atoms with Crippen LogP contribution < -0.4 is 0 Å². The first-order valence-electron chi connectivity index (χ1n) is 32.1. The minimum absolute atomic E-state index is 0.241. The van der Waals surface area contributed by atoms with Gasteiger partial charge in [-0.2, -0.15) is 0 Å². The Morgan fingerprint density at radius 3 is 1.68 bits per heavy atom. The second kappa shape index (κ2) is 12.5. The van der Waals surface area contributed by atoms with Gasteiger partial charge in [0.05, 0.1) is 74.6 Å². The van der Waals surface area contributed by atoms with Crippen LogP contribution >= 0.6 is 0 Å². The van der Waals surface area contributed by atoms with Crippen molar-refractivity contribution in [1.29, 1.82) is 0 Å². The van der Waals surface area contributed by atoms with Gasteiger partial charge in [-0.1, -0.05) is 151 Å². The van der Waals surface area contributed by atoms with Crippen molar-refractivity contribution in [3.8, 4) is 44.8 Å². The van der Waals surface area contributed by atoms with Crippen molar-refractivity contribution in [2.24, 2.45) is 0 Å². The summed E-state index contributed by atoms with van der Waals surface area (Å²) in [6.07, 6.45) is 0. The molecular formula is C54H34N2O. The number of hydrogen-bond donors (Lipinski definition) is 0. The molecule has 0 aliphatic heterocycles. The van der Waals surface area contributed by atoms with E-state index in [1.807, 2.05) is 0 Å². The summed E-state index contributed by atoms with van der Waals surface area (Å²) in [5.41, 5.74) is -8.94. The highest BCUT2D eigenvalue weighted by Gasteiger charge is 2.22. The van der Waals surface area contributed by atoms with Crippen LogP contribution in [0.3, 0.4) is 0 Å². The van der Waals surface area contributed by atoms with E-state index in [4.69, 9.17) is 27.7 Å². The van der Waals surface area contributed by atoms with E-state index < -0.39 is 268 Å². The molecule has 0 amide bonds. The standard InChI is InChI=1S/C54H34N2O/c1-3-15-35(16-4-1)39-19-7-11-23-47(39)55-48-24-12-8-20-41(48)45-33-37(27-31-50(45)55)38-28-32-51-46(34-38)42-21-9-13-25-49(42)56(51)53-40(36-17-5-2-6-18-36)29-30-44-43-22-10-14-26-52(43)57-54(44)53/h1-34H/i1D,2D,5D,6D,7D,8D,9D,10D,12D,13D,14D,15D,16D,17D,18D,20D,21D,22D,23D,24D,25D,26D,27D,28D,29D,30D,31D,32D,33D,34D. The molecule has 0 unspecified atom stereocenters. The molecule has 0 fully saturated rings. The normalized spacial score (nSPS) is 19.2. The summed E-state index contributed by atoms with van der Waals surface area (Å²) in [7, 11) is 0. The van der Waals surface area contributed by atoms with Crippen LogP contribution in [-0.4, -0.2) is 9.13 Å². The van der Waals surface area contributed by atoms with E-state index in [1.165, 1.54) is 0 Å². The zero-order chi connectivity index (χ0) is 63.6. The van der Waals surface area contributed by atoms with Gasteiger partial charge < -0.3 is 13.6 Å². The number of para-hydroxylation sites is 4. The molecule has 3 nitrogen and oxygen atoms in total. The molecule has 3 heterocycles. The lowest BCUT2D eigenvalue weighted by atomic mass is 10.00. The van der Waals surface area contributed by atoms with Crippen LogP contribution in [0, 0.1) is 0 Å². The summed E-state index contributed by atoms with van der Waals surface area (Å²) in [5, 5.41) is -3.52. The zero-order valence-electron chi connectivity index (χ0n) is 58.6. The number of fused-ring (bicyclic) bond motifs is 9. The Bertz CT molecular complexity index is 5240. The van der Waals surface area contributed by atoms with E-state index in [0.717, 1.165) is 33.4 Å². The van der Waals surface area contributed by atoms with Gasteiger partial charge in [-0.25, -0.2) is 0 Å². The Balaban J connectivity index is 1.31.